The van der Waals surface area contributed by atoms with E-state index in [-0.39, 0.29) is 12.2 Å². The number of allylic oxidation sites excluding steroid dienone is 1. The number of rotatable bonds is 8. The SMILES string of the molecule is CCOC(=O)C1=C(C)N=c2s/c(=C/c3ccc(OC)c(COc4cccc(C)c4C)c3)c(=O)n2[C@@H]1c1ccc(Cl)cc1. The molecule has 7 nitrogen and oxygen atoms in total. The summed E-state index contributed by atoms with van der Waals surface area (Å²) in [5.41, 5.74) is 5.22. The van der Waals surface area contributed by atoms with Crippen LogP contribution in [0.4, 0.5) is 0 Å². The van der Waals surface area contributed by atoms with Crippen molar-refractivity contribution in [3.05, 3.63) is 124 Å². The predicted molar refractivity (Wildman–Crippen MR) is 165 cm³/mol. The molecule has 0 aliphatic carbocycles. The van der Waals surface area contributed by atoms with Gasteiger partial charge in [-0.15, -0.1) is 0 Å². The van der Waals surface area contributed by atoms with E-state index in [0.717, 1.165) is 33.6 Å². The van der Waals surface area contributed by atoms with Crippen molar-refractivity contribution in [2.45, 2.75) is 40.3 Å². The largest absolute Gasteiger partial charge is 0.496 e. The molecule has 0 radical (unpaired) electrons. The maximum Gasteiger partial charge on any atom is 0.338 e. The van der Waals surface area contributed by atoms with Crippen LogP contribution in [-0.2, 0) is 16.1 Å². The molecule has 0 unspecified atom stereocenters. The first kappa shape index (κ1) is 29.4. The van der Waals surface area contributed by atoms with E-state index in [0.29, 0.717) is 38.0 Å². The van der Waals surface area contributed by atoms with Crippen molar-refractivity contribution in [3.63, 3.8) is 0 Å². The zero-order chi connectivity index (χ0) is 30.0. The van der Waals surface area contributed by atoms with E-state index >= 15 is 0 Å². The van der Waals surface area contributed by atoms with Gasteiger partial charge in [-0.05, 0) is 86.4 Å². The fourth-order valence-electron chi connectivity index (χ4n) is 4.94. The van der Waals surface area contributed by atoms with Gasteiger partial charge in [-0.25, -0.2) is 9.79 Å². The Balaban J connectivity index is 1.57. The molecule has 0 spiro atoms. The Labute approximate surface area is 253 Å². The molecular weight excluding hydrogens is 572 g/mol. The number of ether oxygens (including phenoxy) is 3. The van der Waals surface area contributed by atoms with Gasteiger partial charge in [0.05, 0.1) is 35.6 Å². The quantitative estimate of drug-likeness (QED) is 0.243. The van der Waals surface area contributed by atoms with E-state index in [4.69, 9.17) is 25.8 Å². The van der Waals surface area contributed by atoms with E-state index in [1.807, 2.05) is 68.5 Å². The summed E-state index contributed by atoms with van der Waals surface area (Å²) in [6, 6.07) is 18.1. The Hall–Kier alpha value is -4.14. The van der Waals surface area contributed by atoms with Gasteiger partial charge in [0.15, 0.2) is 4.80 Å². The highest BCUT2D eigenvalue weighted by Gasteiger charge is 2.33. The average molecular weight is 603 g/mol. The van der Waals surface area contributed by atoms with Crippen LogP contribution in [0.3, 0.4) is 0 Å². The molecule has 9 heteroatoms. The molecule has 0 bridgehead atoms. The molecule has 4 aromatic rings. The molecule has 0 saturated carbocycles. The first-order valence-electron chi connectivity index (χ1n) is 13.5. The molecule has 2 heterocycles. The van der Waals surface area contributed by atoms with Gasteiger partial charge in [0.25, 0.3) is 5.56 Å². The minimum Gasteiger partial charge on any atom is -0.496 e. The second-order valence-electron chi connectivity index (χ2n) is 9.91. The van der Waals surface area contributed by atoms with Crippen molar-refractivity contribution >= 4 is 35.0 Å². The van der Waals surface area contributed by atoms with Crippen molar-refractivity contribution in [1.29, 1.82) is 0 Å². The van der Waals surface area contributed by atoms with Crippen LogP contribution in [0.15, 0.2) is 81.7 Å². The minimum absolute atomic E-state index is 0.209. The topological polar surface area (TPSA) is 79.1 Å². The zero-order valence-electron chi connectivity index (χ0n) is 24.1. The smallest absolute Gasteiger partial charge is 0.338 e. The molecular formula is C33H31ClN2O5S. The van der Waals surface area contributed by atoms with E-state index < -0.39 is 12.0 Å². The van der Waals surface area contributed by atoms with E-state index in [1.54, 1.807) is 37.7 Å². The van der Waals surface area contributed by atoms with Crippen LogP contribution in [-0.4, -0.2) is 24.3 Å². The number of aryl methyl sites for hydroxylation is 1. The fourth-order valence-corrected chi connectivity index (χ4v) is 6.11. The summed E-state index contributed by atoms with van der Waals surface area (Å²) < 4.78 is 19.1. The summed E-state index contributed by atoms with van der Waals surface area (Å²) in [4.78, 5) is 32.1. The molecule has 3 aromatic carbocycles. The lowest BCUT2D eigenvalue weighted by molar-refractivity contribution is -0.139. The van der Waals surface area contributed by atoms with Crippen LogP contribution in [0.2, 0.25) is 5.02 Å². The van der Waals surface area contributed by atoms with Gasteiger partial charge in [-0.3, -0.25) is 9.36 Å². The molecule has 5 rings (SSSR count). The van der Waals surface area contributed by atoms with E-state index in [2.05, 4.69) is 4.99 Å². The molecule has 0 N–H and O–H groups in total. The number of methoxy groups -OCH3 is 1. The van der Waals surface area contributed by atoms with Crippen LogP contribution in [0, 0.1) is 13.8 Å². The monoisotopic (exact) mass is 602 g/mol. The lowest BCUT2D eigenvalue weighted by Gasteiger charge is -2.24. The second-order valence-corrected chi connectivity index (χ2v) is 11.4. The number of hydrogen-bond acceptors (Lipinski definition) is 7. The lowest BCUT2D eigenvalue weighted by Crippen LogP contribution is -2.39. The number of hydrogen-bond donors (Lipinski definition) is 0. The molecule has 1 aromatic heterocycles. The Morgan fingerprint density at radius 2 is 1.83 bits per heavy atom. The third-order valence-electron chi connectivity index (χ3n) is 7.24. The first-order chi connectivity index (χ1) is 20.2. The second kappa shape index (κ2) is 12.4. The summed E-state index contributed by atoms with van der Waals surface area (Å²) in [5.74, 6) is 0.999. The van der Waals surface area contributed by atoms with Crippen LogP contribution >= 0.6 is 22.9 Å². The molecule has 216 valence electrons. The zero-order valence-corrected chi connectivity index (χ0v) is 25.6. The Bertz CT molecular complexity index is 1870. The third-order valence-corrected chi connectivity index (χ3v) is 8.48. The van der Waals surface area contributed by atoms with Gasteiger partial charge in [0.2, 0.25) is 0 Å². The summed E-state index contributed by atoms with van der Waals surface area (Å²) in [7, 11) is 1.62. The van der Waals surface area contributed by atoms with Gasteiger partial charge in [0.1, 0.15) is 18.1 Å². The highest BCUT2D eigenvalue weighted by atomic mass is 35.5. The molecule has 0 fully saturated rings. The maximum absolute atomic E-state index is 13.9. The van der Waals surface area contributed by atoms with Crippen molar-refractivity contribution in [1.82, 2.24) is 4.57 Å². The van der Waals surface area contributed by atoms with Crippen molar-refractivity contribution < 1.29 is 19.0 Å². The Morgan fingerprint density at radius 1 is 1.07 bits per heavy atom. The number of aromatic nitrogens is 1. The number of fused-ring (bicyclic) bond motifs is 1. The van der Waals surface area contributed by atoms with Gasteiger partial charge >= 0.3 is 5.97 Å². The minimum atomic E-state index is -0.697. The lowest BCUT2D eigenvalue weighted by atomic mass is 9.96. The molecule has 1 aliphatic heterocycles. The maximum atomic E-state index is 13.9. The molecule has 42 heavy (non-hydrogen) atoms. The molecule has 0 amide bonds. The molecule has 1 atom stereocenters. The highest BCUT2D eigenvalue weighted by Crippen LogP contribution is 2.31. The molecule has 1 aliphatic rings. The Morgan fingerprint density at radius 3 is 2.55 bits per heavy atom. The normalized spacial score (nSPS) is 14.8. The number of benzene rings is 3. The average Bonchev–Trinajstić information content (AvgIpc) is 3.27. The van der Waals surface area contributed by atoms with E-state index in [1.165, 1.54) is 11.3 Å². The fraction of sp³-hybridized carbons (Fsp3) is 0.242. The Kier molecular flexibility index (Phi) is 8.66. The van der Waals surface area contributed by atoms with Crippen molar-refractivity contribution in [3.8, 4) is 11.5 Å². The number of thiazole rings is 1. The van der Waals surface area contributed by atoms with E-state index in [9.17, 15) is 9.59 Å². The first-order valence-corrected chi connectivity index (χ1v) is 14.7. The van der Waals surface area contributed by atoms with Gasteiger partial charge < -0.3 is 14.2 Å². The van der Waals surface area contributed by atoms with Crippen molar-refractivity contribution in [2.75, 3.05) is 13.7 Å². The van der Waals surface area contributed by atoms with Gasteiger partial charge in [0, 0.05) is 10.6 Å². The van der Waals surface area contributed by atoms with Crippen molar-refractivity contribution in [2.24, 2.45) is 4.99 Å². The van der Waals surface area contributed by atoms with Crippen LogP contribution in [0.5, 0.6) is 11.5 Å². The third kappa shape index (κ3) is 5.78. The molecule has 0 saturated heterocycles. The number of halogens is 1. The number of carbonyl (C=O) groups excluding carboxylic acids is 1. The van der Waals surface area contributed by atoms with Gasteiger partial charge in [-0.2, -0.15) is 0 Å². The standard InChI is InChI=1S/C33H31ClN2O5S/c1-6-40-32(38)29-21(4)35-33-36(30(29)23-11-13-25(34)14-12-23)31(37)28(42-33)17-22-10-15-27(39-5)24(16-22)18-41-26-9-7-8-19(2)20(26)3/h7-17,30H,6,18H2,1-5H3/b28-17+/t30-/m1/s1. The summed E-state index contributed by atoms with van der Waals surface area (Å²) in [6.45, 7) is 8.10. The highest BCUT2D eigenvalue weighted by molar-refractivity contribution is 7.07. The van der Waals surface area contributed by atoms with Crippen LogP contribution in [0.1, 0.15) is 47.7 Å². The summed E-state index contributed by atoms with van der Waals surface area (Å²) >= 11 is 7.42. The van der Waals surface area contributed by atoms with Crippen LogP contribution < -0.4 is 24.4 Å². The summed E-state index contributed by atoms with van der Waals surface area (Å²) in [5, 5.41) is 0.557. The predicted octanol–water partition coefficient (Wildman–Crippen LogP) is 5.66. The summed E-state index contributed by atoms with van der Waals surface area (Å²) in [6.07, 6.45) is 1.83. The number of carbonyl (C=O) groups is 1. The number of nitrogens with zero attached hydrogens (tertiary/aromatic N) is 2. The van der Waals surface area contributed by atoms with Crippen LogP contribution in [0.25, 0.3) is 6.08 Å². The van der Waals surface area contributed by atoms with Gasteiger partial charge in [-0.1, -0.05) is 53.3 Å². The number of esters is 1.